The van der Waals surface area contributed by atoms with Gasteiger partial charge in [0.2, 0.25) is 5.91 Å². The van der Waals surface area contributed by atoms with E-state index in [1.165, 1.54) is 7.11 Å². The van der Waals surface area contributed by atoms with Crippen molar-refractivity contribution in [2.24, 2.45) is 15.6 Å². The maximum absolute atomic E-state index is 12.2. The average Bonchev–Trinajstić information content (AvgIpc) is 3.36. The smallest absolute Gasteiger partial charge is 0.314 e. The van der Waals surface area contributed by atoms with Gasteiger partial charge in [-0.2, -0.15) is 10.2 Å². The van der Waals surface area contributed by atoms with Gasteiger partial charge < -0.3 is 14.8 Å². The molecule has 1 saturated heterocycles. The average molecular weight is 347 g/mol. The van der Waals surface area contributed by atoms with E-state index < -0.39 is 16.7 Å². The molecule has 1 N–H and O–H groups in total. The first-order valence-electron chi connectivity index (χ1n) is 8.84. The highest BCUT2D eigenvalue weighted by atomic mass is 16.5. The van der Waals surface area contributed by atoms with Gasteiger partial charge in [-0.1, -0.05) is 0 Å². The number of nitrogens with one attached hydrogen (secondary N) is 1. The summed E-state index contributed by atoms with van der Waals surface area (Å²) in [6.45, 7) is 0.804. The zero-order valence-electron chi connectivity index (χ0n) is 14.7. The lowest BCUT2D eigenvalue weighted by Gasteiger charge is -2.35. The van der Waals surface area contributed by atoms with Crippen LogP contribution in [0.3, 0.4) is 0 Å². The Labute approximate surface area is 147 Å². The molecule has 136 valence electrons. The van der Waals surface area contributed by atoms with E-state index in [2.05, 4.69) is 21.5 Å². The van der Waals surface area contributed by atoms with Gasteiger partial charge in [-0.3, -0.25) is 9.59 Å². The number of methoxy groups -OCH3 is 1. The summed E-state index contributed by atoms with van der Waals surface area (Å²) in [6, 6.07) is 0. The van der Waals surface area contributed by atoms with Crippen LogP contribution in [-0.4, -0.2) is 43.4 Å². The van der Waals surface area contributed by atoms with Gasteiger partial charge in [-0.15, -0.1) is 12.3 Å². The number of hydrogen-bond donors (Lipinski definition) is 1. The number of carbonyl (C=O) groups is 2. The van der Waals surface area contributed by atoms with Crippen LogP contribution in [0.1, 0.15) is 51.4 Å². The summed E-state index contributed by atoms with van der Waals surface area (Å²) in [4.78, 5) is 24.3. The minimum atomic E-state index is -0.539. The number of hydrogen-bond acceptors (Lipinski definition) is 6. The van der Waals surface area contributed by atoms with Crippen molar-refractivity contribution in [3.63, 3.8) is 0 Å². The predicted octanol–water partition coefficient (Wildman–Crippen LogP) is 1.96. The number of carbonyl (C=O) groups excluding carboxylic acids is 2. The van der Waals surface area contributed by atoms with Gasteiger partial charge in [0.15, 0.2) is 5.66 Å². The quantitative estimate of drug-likeness (QED) is 0.537. The van der Waals surface area contributed by atoms with Gasteiger partial charge in [0.05, 0.1) is 24.7 Å². The first-order chi connectivity index (χ1) is 12.0. The van der Waals surface area contributed by atoms with E-state index >= 15 is 0 Å². The van der Waals surface area contributed by atoms with Crippen molar-refractivity contribution in [3.05, 3.63) is 0 Å². The molecule has 2 aliphatic heterocycles. The molecular weight excluding hydrogens is 322 g/mol. The van der Waals surface area contributed by atoms with Crippen LogP contribution in [-0.2, 0) is 19.1 Å². The Morgan fingerprint density at radius 3 is 2.80 bits per heavy atom. The van der Waals surface area contributed by atoms with Crippen LogP contribution in [0.2, 0.25) is 0 Å². The van der Waals surface area contributed by atoms with Crippen LogP contribution in [0.4, 0.5) is 0 Å². The van der Waals surface area contributed by atoms with Crippen LogP contribution in [0, 0.1) is 17.8 Å². The normalized spacial score (nSPS) is 31.2. The third-order valence-corrected chi connectivity index (χ3v) is 5.63. The Balaban J connectivity index is 1.46. The Hall–Kier alpha value is -1.94. The third kappa shape index (κ3) is 3.69. The molecule has 0 radical (unpaired) electrons. The number of ether oxygens (including phenoxy) is 2. The van der Waals surface area contributed by atoms with E-state index in [4.69, 9.17) is 15.9 Å². The van der Waals surface area contributed by atoms with E-state index in [-0.39, 0.29) is 11.9 Å². The molecule has 0 aromatic heterocycles. The van der Waals surface area contributed by atoms with Crippen LogP contribution >= 0.6 is 0 Å². The molecule has 1 aliphatic carbocycles. The fourth-order valence-corrected chi connectivity index (χ4v) is 4.06. The molecule has 3 rings (SSSR count). The van der Waals surface area contributed by atoms with Crippen LogP contribution in [0.15, 0.2) is 10.2 Å². The summed E-state index contributed by atoms with van der Waals surface area (Å²) in [7, 11) is 1.41. The van der Waals surface area contributed by atoms with Crippen molar-refractivity contribution in [1.82, 2.24) is 5.32 Å². The molecule has 1 saturated carbocycles. The molecule has 7 heteroatoms. The number of rotatable bonds is 8. The Bertz CT molecular complexity index is 620. The highest BCUT2D eigenvalue weighted by Gasteiger charge is 2.57. The van der Waals surface area contributed by atoms with Gasteiger partial charge in [0, 0.05) is 32.2 Å². The molecule has 2 atom stereocenters. The standard InChI is InChI=1S/C18H25N3O4/c1-3-4-9-18(20-21-18)10-6-14(22)19-12-17-8-5-7-16(11-17,13-25-17)15(23)24-2/h1H,4-13H2,2H3,(H,19,22). The second-order valence-corrected chi connectivity index (χ2v) is 7.44. The lowest BCUT2D eigenvalue weighted by molar-refractivity contribution is -0.153. The molecule has 2 fully saturated rings. The van der Waals surface area contributed by atoms with Crippen LogP contribution < -0.4 is 5.32 Å². The van der Waals surface area contributed by atoms with Crippen molar-refractivity contribution in [3.8, 4) is 12.3 Å². The Morgan fingerprint density at radius 2 is 2.12 bits per heavy atom. The van der Waals surface area contributed by atoms with E-state index in [1.54, 1.807) is 0 Å². The molecule has 0 spiro atoms. The molecule has 2 unspecified atom stereocenters. The zero-order valence-corrected chi connectivity index (χ0v) is 14.7. The van der Waals surface area contributed by atoms with Gasteiger partial charge in [-0.05, 0) is 25.7 Å². The summed E-state index contributed by atoms with van der Waals surface area (Å²) in [5.74, 6) is 2.33. The van der Waals surface area contributed by atoms with Gasteiger partial charge in [0.25, 0.3) is 0 Å². The van der Waals surface area contributed by atoms with Gasteiger partial charge in [0.1, 0.15) is 0 Å². The summed E-state index contributed by atoms with van der Waals surface area (Å²) in [5, 5.41) is 11.0. The van der Waals surface area contributed by atoms with Gasteiger partial charge in [-0.25, -0.2) is 0 Å². The second-order valence-electron chi connectivity index (χ2n) is 7.44. The summed E-state index contributed by atoms with van der Waals surface area (Å²) in [6.07, 6.45) is 10.7. The van der Waals surface area contributed by atoms with E-state index in [1.807, 2.05) is 0 Å². The molecule has 7 nitrogen and oxygen atoms in total. The van der Waals surface area contributed by atoms with Crippen molar-refractivity contribution in [2.75, 3.05) is 20.3 Å². The Kier molecular flexibility index (Phi) is 4.83. The zero-order chi connectivity index (χ0) is 18.0. The number of amides is 1. The van der Waals surface area contributed by atoms with Crippen molar-refractivity contribution in [1.29, 1.82) is 0 Å². The maximum Gasteiger partial charge on any atom is 0.314 e. The second kappa shape index (κ2) is 6.75. The maximum atomic E-state index is 12.2. The summed E-state index contributed by atoms with van der Waals surface area (Å²) in [5.41, 5.74) is -1.42. The Morgan fingerprint density at radius 1 is 1.32 bits per heavy atom. The summed E-state index contributed by atoms with van der Waals surface area (Å²) < 4.78 is 10.9. The molecule has 0 aromatic carbocycles. The molecule has 3 aliphatic rings. The number of esters is 1. The van der Waals surface area contributed by atoms with E-state index in [9.17, 15) is 9.59 Å². The first-order valence-corrected chi connectivity index (χ1v) is 8.84. The monoisotopic (exact) mass is 347 g/mol. The molecule has 25 heavy (non-hydrogen) atoms. The molecule has 2 bridgehead atoms. The van der Waals surface area contributed by atoms with Crippen molar-refractivity contribution >= 4 is 11.9 Å². The fourth-order valence-electron chi connectivity index (χ4n) is 4.06. The molecule has 1 amide bonds. The van der Waals surface area contributed by atoms with Crippen LogP contribution in [0.25, 0.3) is 0 Å². The minimum Gasteiger partial charge on any atom is -0.469 e. The van der Waals surface area contributed by atoms with Gasteiger partial charge >= 0.3 is 5.97 Å². The highest BCUT2D eigenvalue weighted by molar-refractivity contribution is 5.78. The first kappa shape index (κ1) is 17.9. The largest absolute Gasteiger partial charge is 0.469 e. The van der Waals surface area contributed by atoms with Crippen molar-refractivity contribution in [2.45, 2.75) is 62.6 Å². The SMILES string of the molecule is C#CCCC1(CCC(=O)NCC23CCCC(C(=O)OC)(CO2)C3)N=N1. The molecule has 2 heterocycles. The number of nitrogens with zero attached hydrogens (tertiary/aromatic N) is 2. The fraction of sp³-hybridized carbons (Fsp3) is 0.778. The lowest BCUT2D eigenvalue weighted by Crippen LogP contribution is -2.46. The van der Waals surface area contributed by atoms with E-state index in [0.717, 1.165) is 19.3 Å². The third-order valence-electron chi connectivity index (χ3n) is 5.63. The summed E-state index contributed by atoms with van der Waals surface area (Å²) >= 11 is 0. The van der Waals surface area contributed by atoms with Crippen LogP contribution in [0.5, 0.6) is 0 Å². The number of fused-ring (bicyclic) bond motifs is 2. The minimum absolute atomic E-state index is 0.0449. The number of terminal acetylenes is 1. The van der Waals surface area contributed by atoms with E-state index in [0.29, 0.717) is 45.3 Å². The topological polar surface area (TPSA) is 89.4 Å². The predicted molar refractivity (Wildman–Crippen MR) is 89.5 cm³/mol. The highest BCUT2D eigenvalue weighted by Crippen LogP contribution is 2.50. The van der Waals surface area contributed by atoms with Crippen molar-refractivity contribution < 1.29 is 19.1 Å². The molecule has 0 aromatic rings. The lowest BCUT2D eigenvalue weighted by atomic mass is 9.70. The molecular formula is C18H25N3O4.